The van der Waals surface area contributed by atoms with Crippen molar-refractivity contribution in [3.8, 4) is 11.5 Å². The number of hydrogen-bond donors (Lipinski definition) is 0. The van der Waals surface area contributed by atoms with Crippen molar-refractivity contribution in [3.63, 3.8) is 0 Å². The zero-order chi connectivity index (χ0) is 21.6. The van der Waals surface area contributed by atoms with Crippen molar-refractivity contribution in [1.82, 2.24) is 9.88 Å². The van der Waals surface area contributed by atoms with Crippen LogP contribution >= 0.6 is 0 Å². The van der Waals surface area contributed by atoms with E-state index in [2.05, 4.69) is 16.0 Å². The second kappa shape index (κ2) is 9.82. The molecular formula is C26H30N2O3. The molecule has 0 radical (unpaired) electrons. The van der Waals surface area contributed by atoms with Crippen LogP contribution in [0.3, 0.4) is 0 Å². The standard InChI is InChI=1S/C26H30N2O3/c1-30-23-14-12-19(17-24(23)31-2)11-13-22-10-3-4-16-28(22)25(29)18-21-8-5-7-20-9-6-15-27-26(20)21/h5-9,12,14-15,17,22H,3-4,10-11,13,16,18H2,1-2H3. The molecule has 2 aromatic carbocycles. The lowest BCUT2D eigenvalue weighted by atomic mass is 9.94. The molecule has 1 atom stereocenters. The van der Waals surface area contributed by atoms with Gasteiger partial charge in [-0.05, 0) is 61.4 Å². The van der Waals surface area contributed by atoms with Gasteiger partial charge in [-0.25, -0.2) is 0 Å². The summed E-state index contributed by atoms with van der Waals surface area (Å²) in [5.74, 6) is 1.69. The summed E-state index contributed by atoms with van der Waals surface area (Å²) in [7, 11) is 3.31. The molecule has 0 aliphatic carbocycles. The van der Waals surface area contributed by atoms with Crippen LogP contribution in [0, 0.1) is 0 Å². The summed E-state index contributed by atoms with van der Waals surface area (Å²) in [5.41, 5.74) is 3.14. The first-order valence-corrected chi connectivity index (χ1v) is 11.0. The molecule has 1 aliphatic rings. The number of aryl methyl sites for hydroxylation is 1. The minimum Gasteiger partial charge on any atom is -0.493 e. The summed E-state index contributed by atoms with van der Waals surface area (Å²) in [6.07, 6.45) is 7.37. The Balaban J connectivity index is 1.45. The summed E-state index contributed by atoms with van der Waals surface area (Å²) in [4.78, 5) is 19.9. The van der Waals surface area contributed by atoms with Gasteiger partial charge in [0.15, 0.2) is 11.5 Å². The van der Waals surface area contributed by atoms with Gasteiger partial charge in [-0.1, -0.05) is 30.3 Å². The highest BCUT2D eigenvalue weighted by Crippen LogP contribution is 2.29. The number of benzene rings is 2. The first-order valence-electron chi connectivity index (χ1n) is 11.0. The Morgan fingerprint density at radius 1 is 1.06 bits per heavy atom. The van der Waals surface area contributed by atoms with E-state index in [1.165, 1.54) is 12.0 Å². The molecule has 3 aromatic rings. The maximum atomic E-state index is 13.3. The van der Waals surface area contributed by atoms with Crippen LogP contribution in [0.25, 0.3) is 10.9 Å². The number of fused-ring (bicyclic) bond motifs is 1. The fraction of sp³-hybridized carbons (Fsp3) is 0.385. The average molecular weight is 419 g/mol. The van der Waals surface area contributed by atoms with E-state index in [0.717, 1.165) is 60.2 Å². The Bertz CT molecular complexity index is 1040. The number of para-hydroxylation sites is 1. The van der Waals surface area contributed by atoms with Crippen molar-refractivity contribution in [1.29, 1.82) is 0 Å². The molecule has 0 bridgehead atoms. The number of likely N-dealkylation sites (tertiary alicyclic amines) is 1. The molecule has 0 saturated carbocycles. The molecule has 1 aliphatic heterocycles. The van der Waals surface area contributed by atoms with Gasteiger partial charge in [0.1, 0.15) is 0 Å². The Hall–Kier alpha value is -3.08. The highest BCUT2D eigenvalue weighted by molar-refractivity contribution is 5.87. The van der Waals surface area contributed by atoms with Crippen molar-refractivity contribution in [3.05, 3.63) is 65.9 Å². The van der Waals surface area contributed by atoms with Crippen molar-refractivity contribution in [2.45, 2.75) is 44.6 Å². The maximum Gasteiger partial charge on any atom is 0.227 e. The summed E-state index contributed by atoms with van der Waals surface area (Å²) in [6.45, 7) is 0.841. The lowest BCUT2D eigenvalue weighted by Gasteiger charge is -2.36. The number of pyridine rings is 1. The smallest absolute Gasteiger partial charge is 0.227 e. The number of nitrogens with zero attached hydrogens (tertiary/aromatic N) is 2. The van der Waals surface area contributed by atoms with Crippen LogP contribution in [0.2, 0.25) is 0 Å². The largest absolute Gasteiger partial charge is 0.493 e. The molecule has 1 unspecified atom stereocenters. The molecule has 1 amide bonds. The number of rotatable bonds is 7. The van der Waals surface area contributed by atoms with Gasteiger partial charge in [-0.15, -0.1) is 0 Å². The third kappa shape index (κ3) is 4.82. The Morgan fingerprint density at radius 2 is 1.90 bits per heavy atom. The molecule has 162 valence electrons. The number of aromatic nitrogens is 1. The third-order valence-electron chi connectivity index (χ3n) is 6.22. The lowest BCUT2D eigenvalue weighted by Crippen LogP contribution is -2.44. The number of ether oxygens (including phenoxy) is 2. The zero-order valence-corrected chi connectivity index (χ0v) is 18.3. The highest BCUT2D eigenvalue weighted by Gasteiger charge is 2.27. The van der Waals surface area contributed by atoms with E-state index in [9.17, 15) is 4.79 Å². The molecule has 0 spiro atoms. The van der Waals surface area contributed by atoms with Gasteiger partial charge < -0.3 is 14.4 Å². The number of carbonyl (C=O) groups excluding carboxylic acids is 1. The minimum atomic E-state index is 0.204. The van der Waals surface area contributed by atoms with E-state index in [0.29, 0.717) is 6.42 Å². The monoisotopic (exact) mass is 418 g/mol. The predicted molar refractivity (Wildman–Crippen MR) is 123 cm³/mol. The third-order valence-corrected chi connectivity index (χ3v) is 6.22. The quantitative estimate of drug-likeness (QED) is 0.553. The molecule has 5 nitrogen and oxygen atoms in total. The van der Waals surface area contributed by atoms with Crippen LogP contribution in [-0.4, -0.2) is 42.6 Å². The van der Waals surface area contributed by atoms with Crippen LogP contribution in [-0.2, 0) is 17.6 Å². The predicted octanol–water partition coefficient (Wildman–Crippen LogP) is 4.81. The average Bonchev–Trinajstić information content (AvgIpc) is 2.83. The molecule has 1 aromatic heterocycles. The number of carbonyl (C=O) groups is 1. The van der Waals surface area contributed by atoms with E-state index in [1.54, 1.807) is 20.4 Å². The topological polar surface area (TPSA) is 51.7 Å². The normalized spacial score (nSPS) is 16.3. The van der Waals surface area contributed by atoms with Crippen molar-refractivity contribution < 1.29 is 14.3 Å². The van der Waals surface area contributed by atoms with Gasteiger partial charge in [0.2, 0.25) is 5.91 Å². The number of amides is 1. The van der Waals surface area contributed by atoms with Gasteiger partial charge in [-0.3, -0.25) is 9.78 Å². The first-order chi connectivity index (χ1) is 15.2. The van der Waals surface area contributed by atoms with E-state index in [-0.39, 0.29) is 11.9 Å². The number of methoxy groups -OCH3 is 2. The second-order valence-electron chi connectivity index (χ2n) is 8.13. The van der Waals surface area contributed by atoms with E-state index in [1.807, 2.05) is 42.5 Å². The lowest BCUT2D eigenvalue weighted by molar-refractivity contribution is -0.134. The molecule has 1 fully saturated rings. The molecule has 4 rings (SSSR count). The molecule has 1 saturated heterocycles. The summed E-state index contributed by atoms with van der Waals surface area (Å²) >= 11 is 0. The first kappa shape index (κ1) is 21.2. The summed E-state index contributed by atoms with van der Waals surface area (Å²) in [6, 6.07) is 16.4. The second-order valence-corrected chi connectivity index (χ2v) is 8.13. The summed E-state index contributed by atoms with van der Waals surface area (Å²) < 4.78 is 10.8. The fourth-order valence-electron chi connectivity index (χ4n) is 4.57. The molecular weight excluding hydrogens is 388 g/mol. The van der Waals surface area contributed by atoms with Gasteiger partial charge in [0, 0.05) is 24.2 Å². The van der Waals surface area contributed by atoms with E-state index in [4.69, 9.17) is 9.47 Å². The maximum absolute atomic E-state index is 13.3. The van der Waals surface area contributed by atoms with Crippen molar-refractivity contribution in [2.75, 3.05) is 20.8 Å². The van der Waals surface area contributed by atoms with Crippen molar-refractivity contribution >= 4 is 16.8 Å². The van der Waals surface area contributed by atoms with Gasteiger partial charge in [-0.2, -0.15) is 0 Å². The number of hydrogen-bond acceptors (Lipinski definition) is 4. The Morgan fingerprint density at radius 3 is 2.74 bits per heavy atom. The van der Waals surface area contributed by atoms with Crippen LogP contribution in [0.15, 0.2) is 54.7 Å². The minimum absolute atomic E-state index is 0.204. The Kier molecular flexibility index (Phi) is 6.70. The zero-order valence-electron chi connectivity index (χ0n) is 18.3. The SMILES string of the molecule is COc1ccc(CCC2CCCCN2C(=O)Cc2cccc3cccnc23)cc1OC. The van der Waals surface area contributed by atoms with Crippen molar-refractivity contribution in [2.24, 2.45) is 0 Å². The van der Waals surface area contributed by atoms with Gasteiger partial charge in [0.25, 0.3) is 0 Å². The number of piperidine rings is 1. The van der Waals surface area contributed by atoms with Gasteiger partial charge in [0.05, 0.1) is 26.2 Å². The molecule has 2 heterocycles. The molecule has 5 heteroatoms. The van der Waals surface area contributed by atoms with Gasteiger partial charge >= 0.3 is 0 Å². The highest BCUT2D eigenvalue weighted by atomic mass is 16.5. The molecule has 31 heavy (non-hydrogen) atoms. The van der Waals surface area contributed by atoms with Crippen LogP contribution < -0.4 is 9.47 Å². The van der Waals surface area contributed by atoms with Crippen LogP contribution in [0.4, 0.5) is 0 Å². The van der Waals surface area contributed by atoms with E-state index >= 15 is 0 Å². The van der Waals surface area contributed by atoms with Crippen LogP contribution in [0.1, 0.15) is 36.8 Å². The van der Waals surface area contributed by atoms with E-state index < -0.39 is 0 Å². The molecule has 0 N–H and O–H groups in total. The van der Waals surface area contributed by atoms with Crippen LogP contribution in [0.5, 0.6) is 11.5 Å². The Labute approximate surface area is 184 Å². The summed E-state index contributed by atoms with van der Waals surface area (Å²) in [5, 5.41) is 1.08. The fourth-order valence-corrected chi connectivity index (χ4v) is 4.57.